The first-order chi connectivity index (χ1) is 7.91. The second-order valence-electron chi connectivity index (χ2n) is 4.96. The molecule has 0 saturated carbocycles. The van der Waals surface area contributed by atoms with Crippen molar-refractivity contribution in [3.8, 4) is 5.88 Å². The Kier molecular flexibility index (Phi) is 4.87. The highest BCUT2D eigenvalue weighted by Gasteiger charge is 2.23. The van der Waals surface area contributed by atoms with Crippen molar-refractivity contribution < 1.29 is 9.84 Å². The lowest BCUT2D eigenvalue weighted by atomic mass is 9.88. The summed E-state index contributed by atoms with van der Waals surface area (Å²) in [7, 11) is 0. The number of ether oxygens (including phenoxy) is 1. The molecule has 1 heterocycles. The SMILES string of the molecule is CC(C)Oc1cc(C(C(C)C)C(C)O)ncn1. The van der Waals surface area contributed by atoms with Gasteiger partial charge in [-0.1, -0.05) is 13.8 Å². The molecule has 0 spiro atoms. The van der Waals surface area contributed by atoms with Crippen LogP contribution in [0.3, 0.4) is 0 Å². The number of hydrogen-bond acceptors (Lipinski definition) is 4. The van der Waals surface area contributed by atoms with Crippen molar-refractivity contribution in [3.05, 3.63) is 18.1 Å². The third-order valence-electron chi connectivity index (χ3n) is 2.60. The lowest BCUT2D eigenvalue weighted by Gasteiger charge is -2.23. The third-order valence-corrected chi connectivity index (χ3v) is 2.60. The van der Waals surface area contributed by atoms with Crippen LogP contribution in [0.1, 0.15) is 46.2 Å². The van der Waals surface area contributed by atoms with Gasteiger partial charge in [-0.2, -0.15) is 0 Å². The van der Waals surface area contributed by atoms with Crippen molar-refractivity contribution in [1.29, 1.82) is 0 Å². The van der Waals surface area contributed by atoms with Gasteiger partial charge in [0.2, 0.25) is 5.88 Å². The van der Waals surface area contributed by atoms with E-state index in [1.807, 2.05) is 19.9 Å². The van der Waals surface area contributed by atoms with E-state index in [1.54, 1.807) is 6.92 Å². The van der Waals surface area contributed by atoms with E-state index in [-0.39, 0.29) is 12.0 Å². The van der Waals surface area contributed by atoms with Gasteiger partial charge in [0.25, 0.3) is 0 Å². The molecular weight excluding hydrogens is 216 g/mol. The maximum Gasteiger partial charge on any atom is 0.216 e. The first kappa shape index (κ1) is 13.9. The lowest BCUT2D eigenvalue weighted by Crippen LogP contribution is -2.21. The van der Waals surface area contributed by atoms with Gasteiger partial charge in [-0.15, -0.1) is 0 Å². The summed E-state index contributed by atoms with van der Waals surface area (Å²) in [5.74, 6) is 0.889. The quantitative estimate of drug-likeness (QED) is 0.855. The van der Waals surface area contributed by atoms with Gasteiger partial charge in [0.05, 0.1) is 17.9 Å². The van der Waals surface area contributed by atoms with E-state index in [9.17, 15) is 5.11 Å². The van der Waals surface area contributed by atoms with Gasteiger partial charge < -0.3 is 9.84 Å². The highest BCUT2D eigenvalue weighted by atomic mass is 16.5. The van der Waals surface area contributed by atoms with Crippen molar-refractivity contribution in [2.24, 2.45) is 5.92 Å². The van der Waals surface area contributed by atoms with Crippen LogP contribution >= 0.6 is 0 Å². The Hall–Kier alpha value is -1.16. The molecule has 1 aromatic rings. The summed E-state index contributed by atoms with van der Waals surface area (Å²) in [5.41, 5.74) is 0.834. The smallest absolute Gasteiger partial charge is 0.216 e. The number of aliphatic hydroxyl groups is 1. The summed E-state index contributed by atoms with van der Waals surface area (Å²) < 4.78 is 5.53. The lowest BCUT2D eigenvalue weighted by molar-refractivity contribution is 0.137. The number of nitrogens with zero attached hydrogens (tertiary/aromatic N) is 2. The third kappa shape index (κ3) is 3.97. The van der Waals surface area contributed by atoms with E-state index in [0.717, 1.165) is 5.69 Å². The average molecular weight is 238 g/mol. The molecule has 4 heteroatoms. The molecule has 0 fully saturated rings. The molecule has 0 aliphatic rings. The van der Waals surface area contributed by atoms with Gasteiger partial charge >= 0.3 is 0 Å². The fourth-order valence-electron chi connectivity index (χ4n) is 1.99. The molecule has 96 valence electrons. The number of hydrogen-bond donors (Lipinski definition) is 1. The fraction of sp³-hybridized carbons (Fsp3) is 0.692. The molecule has 0 aliphatic carbocycles. The van der Waals surface area contributed by atoms with E-state index >= 15 is 0 Å². The van der Waals surface area contributed by atoms with E-state index < -0.39 is 6.10 Å². The average Bonchev–Trinajstić information content (AvgIpc) is 2.15. The van der Waals surface area contributed by atoms with Crippen molar-refractivity contribution >= 4 is 0 Å². The molecule has 0 aromatic carbocycles. The molecule has 0 amide bonds. The standard InChI is InChI=1S/C13H22N2O2/c1-8(2)13(10(5)16)11-6-12(15-7-14-11)17-9(3)4/h6-10,13,16H,1-5H3. The normalized spacial score (nSPS) is 15.1. The van der Waals surface area contributed by atoms with E-state index in [2.05, 4.69) is 23.8 Å². The minimum absolute atomic E-state index is 0.00696. The Labute approximate surface area is 103 Å². The Morgan fingerprint density at radius 2 is 1.76 bits per heavy atom. The molecule has 0 saturated heterocycles. The number of aliphatic hydroxyl groups excluding tert-OH is 1. The predicted molar refractivity (Wildman–Crippen MR) is 67.1 cm³/mol. The predicted octanol–water partition coefficient (Wildman–Crippen LogP) is 2.38. The summed E-state index contributed by atoms with van der Waals surface area (Å²) in [6.07, 6.45) is 1.14. The van der Waals surface area contributed by atoms with Crippen molar-refractivity contribution in [1.82, 2.24) is 9.97 Å². The van der Waals surface area contributed by atoms with Gasteiger partial charge in [-0.05, 0) is 26.7 Å². The summed E-state index contributed by atoms with van der Waals surface area (Å²) in [4.78, 5) is 8.30. The Balaban J connectivity index is 2.96. The van der Waals surface area contributed by atoms with Crippen LogP contribution in [0.4, 0.5) is 0 Å². The van der Waals surface area contributed by atoms with Crippen molar-refractivity contribution in [2.45, 2.75) is 52.7 Å². The zero-order valence-corrected chi connectivity index (χ0v) is 11.2. The summed E-state index contributed by atoms with van der Waals surface area (Å²) >= 11 is 0. The summed E-state index contributed by atoms with van der Waals surface area (Å²) in [6.45, 7) is 9.84. The van der Waals surface area contributed by atoms with Gasteiger partial charge in [0.1, 0.15) is 6.33 Å². The van der Waals surface area contributed by atoms with E-state index in [1.165, 1.54) is 6.33 Å². The van der Waals surface area contributed by atoms with Crippen molar-refractivity contribution in [3.63, 3.8) is 0 Å². The van der Waals surface area contributed by atoms with E-state index in [0.29, 0.717) is 11.8 Å². The number of aromatic nitrogens is 2. The molecule has 4 nitrogen and oxygen atoms in total. The molecular formula is C13H22N2O2. The van der Waals surface area contributed by atoms with E-state index in [4.69, 9.17) is 4.74 Å². The zero-order valence-electron chi connectivity index (χ0n) is 11.2. The number of rotatable bonds is 5. The highest BCUT2D eigenvalue weighted by Crippen LogP contribution is 2.27. The Bertz CT molecular complexity index is 343. The van der Waals surface area contributed by atoms with Gasteiger partial charge in [-0.25, -0.2) is 9.97 Å². The van der Waals surface area contributed by atoms with Crippen LogP contribution in [0.15, 0.2) is 12.4 Å². The molecule has 17 heavy (non-hydrogen) atoms. The summed E-state index contributed by atoms with van der Waals surface area (Å²) in [6, 6.07) is 1.82. The second-order valence-corrected chi connectivity index (χ2v) is 4.96. The molecule has 0 bridgehead atoms. The molecule has 0 radical (unpaired) electrons. The molecule has 1 aromatic heterocycles. The van der Waals surface area contributed by atoms with Crippen LogP contribution in [0.5, 0.6) is 5.88 Å². The molecule has 1 rings (SSSR count). The molecule has 1 N–H and O–H groups in total. The minimum atomic E-state index is -0.434. The minimum Gasteiger partial charge on any atom is -0.475 e. The summed E-state index contributed by atoms with van der Waals surface area (Å²) in [5, 5.41) is 9.81. The molecule has 2 atom stereocenters. The van der Waals surface area contributed by atoms with Crippen LogP contribution in [0.2, 0.25) is 0 Å². The van der Waals surface area contributed by atoms with Crippen LogP contribution in [-0.4, -0.2) is 27.3 Å². The van der Waals surface area contributed by atoms with Gasteiger partial charge in [0.15, 0.2) is 0 Å². The fourth-order valence-corrected chi connectivity index (χ4v) is 1.99. The monoisotopic (exact) mass is 238 g/mol. The van der Waals surface area contributed by atoms with Crippen LogP contribution < -0.4 is 4.74 Å². The maximum absolute atomic E-state index is 9.81. The maximum atomic E-state index is 9.81. The molecule has 0 aliphatic heterocycles. The van der Waals surface area contributed by atoms with Crippen molar-refractivity contribution in [2.75, 3.05) is 0 Å². The van der Waals surface area contributed by atoms with Gasteiger partial charge in [-0.3, -0.25) is 0 Å². The topological polar surface area (TPSA) is 55.2 Å². The largest absolute Gasteiger partial charge is 0.475 e. The Morgan fingerprint density at radius 3 is 2.24 bits per heavy atom. The molecule has 2 unspecified atom stereocenters. The second kappa shape index (κ2) is 5.96. The van der Waals surface area contributed by atoms with Crippen LogP contribution in [0.25, 0.3) is 0 Å². The first-order valence-corrected chi connectivity index (χ1v) is 6.08. The zero-order chi connectivity index (χ0) is 13.0. The van der Waals surface area contributed by atoms with Gasteiger partial charge in [0, 0.05) is 12.0 Å². The Morgan fingerprint density at radius 1 is 1.12 bits per heavy atom. The van der Waals surface area contributed by atoms with Crippen LogP contribution in [-0.2, 0) is 0 Å². The highest BCUT2D eigenvalue weighted by molar-refractivity contribution is 5.18. The first-order valence-electron chi connectivity index (χ1n) is 6.08. The van der Waals surface area contributed by atoms with Crippen LogP contribution in [0, 0.1) is 5.92 Å².